The summed E-state index contributed by atoms with van der Waals surface area (Å²) in [4.78, 5) is 0. The van der Waals surface area contributed by atoms with Crippen molar-refractivity contribution in [2.45, 2.75) is 32.9 Å². The summed E-state index contributed by atoms with van der Waals surface area (Å²) in [7, 11) is 0. The lowest BCUT2D eigenvalue weighted by Gasteiger charge is -2.08. The molecule has 0 unspecified atom stereocenters. The van der Waals surface area contributed by atoms with Crippen LogP contribution in [0.4, 0.5) is 5.82 Å². The first-order valence-corrected chi connectivity index (χ1v) is 5.64. The SMILES string of the molecule is CCCCn1nccc1NCc1ccn[nH]1. The average Bonchev–Trinajstić information content (AvgIpc) is 2.94. The van der Waals surface area contributed by atoms with Crippen molar-refractivity contribution in [3.05, 3.63) is 30.2 Å². The van der Waals surface area contributed by atoms with Crippen LogP contribution in [0.3, 0.4) is 0 Å². The Morgan fingerprint density at radius 2 is 2.31 bits per heavy atom. The first kappa shape index (κ1) is 10.7. The molecule has 5 nitrogen and oxygen atoms in total. The zero-order valence-corrected chi connectivity index (χ0v) is 9.48. The Hall–Kier alpha value is -1.78. The number of unbranched alkanes of at least 4 members (excludes halogenated alkanes) is 1. The van der Waals surface area contributed by atoms with Gasteiger partial charge in [0.05, 0.1) is 18.4 Å². The molecule has 2 aromatic rings. The van der Waals surface area contributed by atoms with E-state index < -0.39 is 0 Å². The summed E-state index contributed by atoms with van der Waals surface area (Å²) in [5, 5.41) is 14.4. The molecule has 0 aliphatic rings. The Morgan fingerprint density at radius 3 is 3.06 bits per heavy atom. The number of nitrogens with one attached hydrogen (secondary N) is 2. The largest absolute Gasteiger partial charge is 0.365 e. The predicted molar refractivity (Wildman–Crippen MR) is 63.0 cm³/mol. The summed E-state index contributed by atoms with van der Waals surface area (Å²) in [5.41, 5.74) is 1.07. The molecule has 2 N–H and O–H groups in total. The minimum absolute atomic E-state index is 0.748. The van der Waals surface area contributed by atoms with Crippen molar-refractivity contribution >= 4 is 5.82 Å². The normalized spacial score (nSPS) is 10.6. The van der Waals surface area contributed by atoms with E-state index in [9.17, 15) is 0 Å². The summed E-state index contributed by atoms with van der Waals surface area (Å²) in [6.45, 7) is 3.90. The molecule has 0 aliphatic heterocycles. The molecule has 0 fully saturated rings. The van der Waals surface area contributed by atoms with Crippen LogP contribution in [0.1, 0.15) is 25.5 Å². The van der Waals surface area contributed by atoms with Gasteiger partial charge in [-0.2, -0.15) is 10.2 Å². The van der Waals surface area contributed by atoms with Gasteiger partial charge in [-0.15, -0.1) is 0 Å². The Kier molecular flexibility index (Phi) is 3.58. The highest BCUT2D eigenvalue weighted by Gasteiger charge is 2.01. The maximum atomic E-state index is 4.28. The first-order chi connectivity index (χ1) is 7.90. The molecular formula is C11H17N5. The van der Waals surface area contributed by atoms with Gasteiger partial charge < -0.3 is 5.32 Å². The molecule has 2 aromatic heterocycles. The van der Waals surface area contributed by atoms with Crippen LogP contribution in [0.25, 0.3) is 0 Å². The van der Waals surface area contributed by atoms with Gasteiger partial charge in [0, 0.05) is 18.8 Å². The van der Waals surface area contributed by atoms with Gasteiger partial charge in [-0.3, -0.25) is 5.10 Å². The number of hydrogen-bond donors (Lipinski definition) is 2. The number of aromatic nitrogens is 4. The topological polar surface area (TPSA) is 58.5 Å². The Bertz CT molecular complexity index is 404. The monoisotopic (exact) mass is 219 g/mol. The molecule has 2 rings (SSSR count). The highest BCUT2D eigenvalue weighted by molar-refractivity contribution is 5.34. The zero-order valence-electron chi connectivity index (χ0n) is 9.48. The molecule has 0 spiro atoms. The zero-order chi connectivity index (χ0) is 11.2. The molecule has 0 bridgehead atoms. The number of hydrogen-bond acceptors (Lipinski definition) is 3. The summed E-state index contributed by atoms with van der Waals surface area (Å²) in [6.07, 6.45) is 5.91. The minimum atomic E-state index is 0.748. The van der Waals surface area contributed by atoms with Crippen molar-refractivity contribution in [3.63, 3.8) is 0 Å². The third-order valence-electron chi connectivity index (χ3n) is 2.46. The van der Waals surface area contributed by atoms with Crippen LogP contribution in [0, 0.1) is 0 Å². The van der Waals surface area contributed by atoms with Crippen molar-refractivity contribution in [1.29, 1.82) is 0 Å². The first-order valence-electron chi connectivity index (χ1n) is 5.64. The quantitative estimate of drug-likeness (QED) is 0.781. The number of rotatable bonds is 6. The van der Waals surface area contributed by atoms with E-state index in [1.54, 1.807) is 6.20 Å². The lowest BCUT2D eigenvalue weighted by molar-refractivity contribution is 0.576. The summed E-state index contributed by atoms with van der Waals surface area (Å²) in [6, 6.07) is 3.95. The molecule has 0 amide bonds. The van der Waals surface area contributed by atoms with Gasteiger partial charge in [0.1, 0.15) is 5.82 Å². The van der Waals surface area contributed by atoms with Gasteiger partial charge in [-0.05, 0) is 12.5 Å². The van der Waals surface area contributed by atoms with Crippen molar-refractivity contribution in [3.8, 4) is 0 Å². The standard InChI is InChI=1S/C11H17N5/c1-2-3-8-16-11(5-7-14-16)12-9-10-4-6-13-15-10/h4-7,12H,2-3,8-9H2,1H3,(H,13,15). The van der Waals surface area contributed by atoms with Gasteiger partial charge in [-0.1, -0.05) is 13.3 Å². The molecule has 0 aromatic carbocycles. The van der Waals surface area contributed by atoms with Crippen LogP contribution in [0.2, 0.25) is 0 Å². The number of anilines is 1. The van der Waals surface area contributed by atoms with E-state index in [0.29, 0.717) is 0 Å². The number of nitrogens with zero attached hydrogens (tertiary/aromatic N) is 3. The lowest BCUT2D eigenvalue weighted by atomic mass is 10.3. The Balaban J connectivity index is 1.91. The van der Waals surface area contributed by atoms with Crippen molar-refractivity contribution < 1.29 is 0 Å². The summed E-state index contributed by atoms with van der Waals surface area (Å²) < 4.78 is 2.00. The van der Waals surface area contributed by atoms with E-state index in [1.165, 1.54) is 6.42 Å². The van der Waals surface area contributed by atoms with E-state index in [1.807, 2.05) is 23.0 Å². The lowest BCUT2D eigenvalue weighted by Crippen LogP contribution is -2.08. The maximum absolute atomic E-state index is 4.28. The number of aryl methyl sites for hydroxylation is 1. The molecule has 5 heteroatoms. The van der Waals surface area contributed by atoms with Crippen LogP contribution in [-0.2, 0) is 13.1 Å². The second kappa shape index (κ2) is 5.34. The van der Waals surface area contributed by atoms with E-state index in [4.69, 9.17) is 0 Å². The smallest absolute Gasteiger partial charge is 0.124 e. The molecule has 86 valence electrons. The van der Waals surface area contributed by atoms with Crippen LogP contribution in [-0.4, -0.2) is 20.0 Å². The van der Waals surface area contributed by atoms with Crippen LogP contribution in [0.15, 0.2) is 24.5 Å². The molecule has 16 heavy (non-hydrogen) atoms. The highest BCUT2D eigenvalue weighted by Crippen LogP contribution is 2.08. The predicted octanol–water partition coefficient (Wildman–Crippen LogP) is 2.02. The fourth-order valence-corrected chi connectivity index (χ4v) is 1.54. The highest BCUT2D eigenvalue weighted by atomic mass is 15.3. The number of aromatic amines is 1. The van der Waals surface area contributed by atoms with E-state index in [-0.39, 0.29) is 0 Å². The second-order valence-electron chi connectivity index (χ2n) is 3.73. The molecular weight excluding hydrogens is 202 g/mol. The van der Waals surface area contributed by atoms with E-state index in [0.717, 1.165) is 31.0 Å². The van der Waals surface area contributed by atoms with Crippen LogP contribution >= 0.6 is 0 Å². The summed E-state index contributed by atoms with van der Waals surface area (Å²) in [5.74, 6) is 1.06. The van der Waals surface area contributed by atoms with Gasteiger partial charge in [-0.25, -0.2) is 4.68 Å². The molecule has 2 heterocycles. The maximum Gasteiger partial charge on any atom is 0.124 e. The van der Waals surface area contributed by atoms with Gasteiger partial charge >= 0.3 is 0 Å². The van der Waals surface area contributed by atoms with Crippen molar-refractivity contribution in [1.82, 2.24) is 20.0 Å². The fraction of sp³-hybridized carbons (Fsp3) is 0.455. The third-order valence-corrected chi connectivity index (χ3v) is 2.46. The second-order valence-corrected chi connectivity index (χ2v) is 3.73. The van der Waals surface area contributed by atoms with Gasteiger partial charge in [0.2, 0.25) is 0 Å². The molecule has 0 radical (unpaired) electrons. The molecule has 0 saturated carbocycles. The molecule has 0 atom stereocenters. The molecule has 0 saturated heterocycles. The van der Waals surface area contributed by atoms with Crippen LogP contribution in [0.5, 0.6) is 0 Å². The third kappa shape index (κ3) is 2.62. The van der Waals surface area contributed by atoms with E-state index >= 15 is 0 Å². The van der Waals surface area contributed by atoms with Crippen molar-refractivity contribution in [2.24, 2.45) is 0 Å². The van der Waals surface area contributed by atoms with E-state index in [2.05, 4.69) is 27.5 Å². The Labute approximate surface area is 94.9 Å². The average molecular weight is 219 g/mol. The minimum Gasteiger partial charge on any atom is -0.365 e. The van der Waals surface area contributed by atoms with Gasteiger partial charge in [0.15, 0.2) is 0 Å². The number of H-pyrrole nitrogens is 1. The Morgan fingerprint density at radius 1 is 1.38 bits per heavy atom. The van der Waals surface area contributed by atoms with Crippen molar-refractivity contribution in [2.75, 3.05) is 5.32 Å². The summed E-state index contributed by atoms with van der Waals surface area (Å²) >= 11 is 0. The fourth-order valence-electron chi connectivity index (χ4n) is 1.54. The van der Waals surface area contributed by atoms with Gasteiger partial charge in [0.25, 0.3) is 0 Å². The van der Waals surface area contributed by atoms with Crippen LogP contribution < -0.4 is 5.32 Å². The molecule has 0 aliphatic carbocycles.